The monoisotopic (exact) mass is 459 g/mol. The molecule has 1 N–H and O–H groups in total. The molecule has 5 heteroatoms. The molecule has 0 amide bonds. The Kier molecular flexibility index (Phi) is 3.78. The zero-order valence-corrected chi connectivity index (χ0v) is 19.0. The quantitative estimate of drug-likeness (QED) is 0.417. The Bertz CT molecular complexity index is 1580. The molecule has 2 atom stereocenters. The van der Waals surface area contributed by atoms with E-state index in [1.165, 1.54) is 0 Å². The first kappa shape index (κ1) is 20.3. The summed E-state index contributed by atoms with van der Waals surface area (Å²) in [6, 6.07) is 24.9. The van der Waals surface area contributed by atoms with Gasteiger partial charge in [-0.15, -0.1) is 0 Å². The normalized spacial score (nSPS) is 24.3. The number of phenolic OH excluding ortho intramolecular Hbond substituents is 1. The number of phenols is 1. The van der Waals surface area contributed by atoms with E-state index < -0.39 is 16.9 Å². The van der Waals surface area contributed by atoms with E-state index in [2.05, 4.69) is 0 Å². The summed E-state index contributed by atoms with van der Waals surface area (Å²) >= 11 is 0. The molecule has 2 spiro atoms. The molecule has 0 radical (unpaired) electrons. The minimum Gasteiger partial charge on any atom is -0.508 e. The fraction of sp³-hybridized carbons (Fsp3) is 0.167. The van der Waals surface area contributed by atoms with Gasteiger partial charge in [0.05, 0.1) is 0 Å². The van der Waals surface area contributed by atoms with Crippen molar-refractivity contribution < 1.29 is 19.5 Å². The van der Waals surface area contributed by atoms with Gasteiger partial charge in [0.2, 0.25) is 0 Å². The van der Waals surface area contributed by atoms with Gasteiger partial charge in [-0.05, 0) is 41.1 Å². The number of hydrogen-bond donors (Lipinski definition) is 1. The number of benzene rings is 4. The van der Waals surface area contributed by atoms with Crippen LogP contribution in [0.5, 0.6) is 5.75 Å². The van der Waals surface area contributed by atoms with Crippen LogP contribution in [0.1, 0.15) is 48.1 Å². The van der Waals surface area contributed by atoms with E-state index in [1.807, 2.05) is 42.3 Å². The van der Waals surface area contributed by atoms with Crippen molar-refractivity contribution in [1.82, 2.24) is 4.90 Å². The van der Waals surface area contributed by atoms with Crippen LogP contribution in [0.15, 0.2) is 84.9 Å². The van der Waals surface area contributed by atoms with Crippen molar-refractivity contribution >= 4 is 28.1 Å². The molecule has 7 rings (SSSR count). The molecule has 1 fully saturated rings. The zero-order valence-electron chi connectivity index (χ0n) is 19.0. The lowest BCUT2D eigenvalue weighted by molar-refractivity contribution is 0.0320. The van der Waals surface area contributed by atoms with Crippen LogP contribution in [-0.2, 0) is 5.54 Å². The molecule has 4 aromatic carbocycles. The van der Waals surface area contributed by atoms with Gasteiger partial charge in [0.1, 0.15) is 16.7 Å². The van der Waals surface area contributed by atoms with Gasteiger partial charge in [0.25, 0.3) is 0 Å². The average molecular weight is 460 g/mol. The maximum Gasteiger partial charge on any atom is 0.189 e. The van der Waals surface area contributed by atoms with Crippen LogP contribution in [-0.4, -0.2) is 40.9 Å². The Labute approximate surface area is 201 Å². The average Bonchev–Trinajstić information content (AvgIpc) is 3.40. The second-order valence-electron chi connectivity index (χ2n) is 9.79. The van der Waals surface area contributed by atoms with Crippen molar-refractivity contribution in [2.75, 3.05) is 13.6 Å². The Morgan fingerprint density at radius 1 is 0.743 bits per heavy atom. The van der Waals surface area contributed by atoms with Crippen LogP contribution >= 0.6 is 0 Å². The van der Waals surface area contributed by atoms with Gasteiger partial charge in [0.15, 0.2) is 17.3 Å². The molecule has 0 aromatic heterocycles. The van der Waals surface area contributed by atoms with Crippen LogP contribution in [0.4, 0.5) is 0 Å². The zero-order chi connectivity index (χ0) is 24.1. The standard InChI is InChI=1S/C30H21NO4/c1-31-16-24(17-12-14-19(32)15-13-17)29(26(33)20-8-2-3-9-21(20)27(29)34)30(31)23-11-5-7-18-6-4-10-22(25(18)23)28(30)35/h2-15,24,32H,16H2,1H3. The van der Waals surface area contributed by atoms with E-state index >= 15 is 0 Å². The lowest BCUT2D eigenvalue weighted by Crippen LogP contribution is -2.59. The summed E-state index contributed by atoms with van der Waals surface area (Å²) in [6.45, 7) is 0.340. The molecule has 0 bridgehead atoms. The molecule has 2 aliphatic carbocycles. The first-order chi connectivity index (χ1) is 16.9. The molecular formula is C30H21NO4. The van der Waals surface area contributed by atoms with E-state index in [0.29, 0.717) is 28.8 Å². The lowest BCUT2D eigenvalue weighted by atomic mass is 9.57. The predicted octanol–water partition coefficient (Wildman–Crippen LogP) is 4.73. The third kappa shape index (κ3) is 2.08. The number of nitrogens with zero attached hydrogens (tertiary/aromatic N) is 1. The topological polar surface area (TPSA) is 74.7 Å². The fourth-order valence-electron chi connectivity index (χ4n) is 7.13. The highest BCUT2D eigenvalue weighted by Gasteiger charge is 2.78. The molecule has 2 unspecified atom stereocenters. The maximum atomic E-state index is 14.6. The van der Waals surface area contributed by atoms with Crippen molar-refractivity contribution in [3.8, 4) is 5.75 Å². The van der Waals surface area contributed by atoms with Gasteiger partial charge in [-0.2, -0.15) is 0 Å². The minimum atomic E-state index is -1.66. The van der Waals surface area contributed by atoms with E-state index in [-0.39, 0.29) is 23.1 Å². The Balaban J connectivity index is 1.62. The van der Waals surface area contributed by atoms with Crippen LogP contribution in [0.25, 0.3) is 10.8 Å². The van der Waals surface area contributed by atoms with Gasteiger partial charge in [-0.1, -0.05) is 72.8 Å². The molecule has 1 aliphatic heterocycles. The Morgan fingerprint density at radius 3 is 2.00 bits per heavy atom. The minimum absolute atomic E-state index is 0.102. The van der Waals surface area contributed by atoms with Crippen molar-refractivity contribution in [2.45, 2.75) is 11.5 Å². The molecule has 1 heterocycles. The van der Waals surface area contributed by atoms with Crippen molar-refractivity contribution in [2.24, 2.45) is 5.41 Å². The van der Waals surface area contributed by atoms with Crippen LogP contribution in [0.2, 0.25) is 0 Å². The summed E-state index contributed by atoms with van der Waals surface area (Å²) in [6.07, 6.45) is 0. The van der Waals surface area contributed by atoms with E-state index in [0.717, 1.165) is 16.3 Å². The highest BCUT2D eigenvalue weighted by Crippen LogP contribution is 2.67. The molecule has 35 heavy (non-hydrogen) atoms. The first-order valence-corrected chi connectivity index (χ1v) is 11.7. The number of carbonyl (C=O) groups is 3. The number of fused-ring (bicyclic) bond motifs is 3. The molecule has 1 saturated heterocycles. The van der Waals surface area contributed by atoms with Gasteiger partial charge >= 0.3 is 0 Å². The number of aromatic hydroxyl groups is 1. The highest BCUT2D eigenvalue weighted by atomic mass is 16.3. The first-order valence-electron chi connectivity index (χ1n) is 11.7. The molecule has 3 aliphatic rings. The second-order valence-corrected chi connectivity index (χ2v) is 9.79. The maximum absolute atomic E-state index is 14.6. The summed E-state index contributed by atoms with van der Waals surface area (Å²) in [5, 5.41) is 11.7. The largest absolute Gasteiger partial charge is 0.508 e. The lowest BCUT2D eigenvalue weighted by Gasteiger charge is -2.43. The summed E-state index contributed by atoms with van der Waals surface area (Å²) in [5.41, 5.74) is -0.379. The summed E-state index contributed by atoms with van der Waals surface area (Å²) < 4.78 is 0. The smallest absolute Gasteiger partial charge is 0.189 e. The molecule has 4 aromatic rings. The fourth-order valence-corrected chi connectivity index (χ4v) is 7.13. The van der Waals surface area contributed by atoms with Crippen molar-refractivity contribution in [3.63, 3.8) is 0 Å². The Hall–Kier alpha value is -4.09. The summed E-state index contributed by atoms with van der Waals surface area (Å²) in [5.74, 6) is -1.29. The number of Topliss-reactive ketones (excluding diaryl/α,β-unsaturated/α-hetero) is 3. The summed E-state index contributed by atoms with van der Waals surface area (Å²) in [7, 11) is 1.84. The van der Waals surface area contributed by atoms with E-state index in [4.69, 9.17) is 0 Å². The molecule has 0 saturated carbocycles. The molecule has 170 valence electrons. The van der Waals surface area contributed by atoms with Crippen molar-refractivity contribution in [3.05, 3.63) is 113 Å². The number of rotatable bonds is 1. The second kappa shape index (κ2) is 6.52. The van der Waals surface area contributed by atoms with Crippen molar-refractivity contribution in [1.29, 1.82) is 0 Å². The number of ketones is 3. The van der Waals surface area contributed by atoms with Crippen LogP contribution in [0.3, 0.4) is 0 Å². The highest BCUT2D eigenvalue weighted by molar-refractivity contribution is 6.36. The number of hydrogen-bond acceptors (Lipinski definition) is 5. The van der Waals surface area contributed by atoms with Crippen LogP contribution < -0.4 is 0 Å². The third-order valence-electron chi connectivity index (χ3n) is 8.42. The predicted molar refractivity (Wildman–Crippen MR) is 131 cm³/mol. The third-order valence-corrected chi connectivity index (χ3v) is 8.42. The van der Waals surface area contributed by atoms with Gasteiger partial charge in [-0.3, -0.25) is 19.3 Å². The number of likely N-dealkylation sites (N-methyl/N-ethyl adjacent to an activating group) is 1. The van der Waals surface area contributed by atoms with Gasteiger partial charge in [0, 0.05) is 29.2 Å². The van der Waals surface area contributed by atoms with Crippen LogP contribution in [0, 0.1) is 5.41 Å². The summed E-state index contributed by atoms with van der Waals surface area (Å²) in [4.78, 5) is 45.6. The van der Waals surface area contributed by atoms with Gasteiger partial charge in [-0.25, -0.2) is 0 Å². The van der Waals surface area contributed by atoms with Gasteiger partial charge < -0.3 is 5.11 Å². The molecular weight excluding hydrogens is 438 g/mol. The number of likely N-dealkylation sites (tertiary alicyclic amines) is 1. The number of carbonyl (C=O) groups excluding carboxylic acids is 3. The van der Waals surface area contributed by atoms with E-state index in [9.17, 15) is 19.5 Å². The van der Waals surface area contributed by atoms with E-state index in [1.54, 1.807) is 54.6 Å². The molecule has 5 nitrogen and oxygen atoms in total. The SMILES string of the molecule is CN1CC(c2ccc(O)cc2)C2(C(=O)c3ccccc3C2=O)C12C(=O)c1cccc3cccc2c13. The Morgan fingerprint density at radius 2 is 1.34 bits per heavy atom.